The van der Waals surface area contributed by atoms with E-state index in [1.807, 2.05) is 12.1 Å². The molecule has 198 valence electrons. The highest BCUT2D eigenvalue weighted by Crippen LogP contribution is 2.50. The van der Waals surface area contributed by atoms with Crippen molar-refractivity contribution in [2.24, 2.45) is 11.3 Å². The largest absolute Gasteiger partial charge is 0.493 e. The van der Waals surface area contributed by atoms with Crippen molar-refractivity contribution in [3.63, 3.8) is 0 Å². The Balaban J connectivity index is 1.54. The second-order valence-corrected chi connectivity index (χ2v) is 9.36. The molecule has 2 heterocycles. The number of furan rings is 1. The molecule has 1 aliphatic heterocycles. The smallest absolute Gasteiger partial charge is 0.318 e. The molecule has 1 N–H and O–H groups in total. The fourth-order valence-corrected chi connectivity index (χ4v) is 5.32. The predicted molar refractivity (Wildman–Crippen MR) is 134 cm³/mol. The second kappa shape index (κ2) is 11.5. The number of ether oxygens (including phenoxy) is 3. The van der Waals surface area contributed by atoms with Gasteiger partial charge in [-0.25, -0.2) is 0 Å². The lowest BCUT2D eigenvalue weighted by Crippen LogP contribution is -2.54. The van der Waals surface area contributed by atoms with Gasteiger partial charge in [0.2, 0.25) is 11.8 Å². The Morgan fingerprint density at radius 3 is 2.70 bits per heavy atom. The number of fused-ring (bicyclic) bond motifs is 1. The van der Waals surface area contributed by atoms with Gasteiger partial charge in [-0.15, -0.1) is 0 Å². The van der Waals surface area contributed by atoms with Crippen LogP contribution in [0.5, 0.6) is 11.5 Å². The Labute approximate surface area is 216 Å². The number of methoxy groups -OCH3 is 2. The Morgan fingerprint density at radius 1 is 1.19 bits per heavy atom. The molecule has 1 saturated heterocycles. The van der Waals surface area contributed by atoms with Crippen molar-refractivity contribution in [3.8, 4) is 11.5 Å². The van der Waals surface area contributed by atoms with E-state index in [1.165, 1.54) is 0 Å². The van der Waals surface area contributed by atoms with Gasteiger partial charge in [0.05, 0.1) is 33.6 Å². The average Bonchev–Trinajstić information content (AvgIpc) is 3.43. The molecule has 2 aliphatic rings. The van der Waals surface area contributed by atoms with Crippen molar-refractivity contribution in [2.75, 3.05) is 20.8 Å². The first-order valence-corrected chi connectivity index (χ1v) is 12.6. The summed E-state index contributed by atoms with van der Waals surface area (Å²) in [6, 6.07) is 8.97. The number of hydrogen-bond donors (Lipinski definition) is 1. The van der Waals surface area contributed by atoms with E-state index in [9.17, 15) is 14.4 Å². The van der Waals surface area contributed by atoms with Crippen molar-refractivity contribution in [2.45, 2.75) is 52.1 Å². The number of amides is 2. The van der Waals surface area contributed by atoms with Crippen LogP contribution in [0, 0.1) is 11.3 Å². The van der Waals surface area contributed by atoms with Gasteiger partial charge in [-0.05, 0) is 62.4 Å². The maximum absolute atomic E-state index is 13.7. The first-order valence-electron chi connectivity index (χ1n) is 12.6. The Hall–Kier alpha value is -3.75. The molecule has 0 unspecified atom stereocenters. The number of carbonyl (C=O) groups excluding carboxylic acids is 3. The molecule has 0 spiro atoms. The molecule has 0 bridgehead atoms. The zero-order valence-corrected chi connectivity index (χ0v) is 21.6. The van der Waals surface area contributed by atoms with Crippen LogP contribution in [-0.2, 0) is 32.2 Å². The minimum absolute atomic E-state index is 0.0325. The van der Waals surface area contributed by atoms with Crippen LogP contribution >= 0.6 is 0 Å². The highest BCUT2D eigenvalue weighted by Gasteiger charge is 2.54. The molecule has 0 radical (unpaired) electrons. The van der Waals surface area contributed by atoms with Crippen LogP contribution in [0.4, 0.5) is 0 Å². The van der Waals surface area contributed by atoms with Gasteiger partial charge in [0.25, 0.3) is 0 Å². The Bertz CT molecular complexity index is 1160. The maximum Gasteiger partial charge on any atom is 0.318 e. The Morgan fingerprint density at radius 2 is 2.00 bits per heavy atom. The number of rotatable bonds is 10. The van der Waals surface area contributed by atoms with Crippen molar-refractivity contribution < 1.29 is 33.0 Å². The first-order chi connectivity index (χ1) is 17.9. The topological polar surface area (TPSA) is 107 Å². The van der Waals surface area contributed by atoms with Gasteiger partial charge in [-0.3, -0.25) is 14.4 Å². The third kappa shape index (κ3) is 5.50. The molecule has 9 heteroatoms. The van der Waals surface area contributed by atoms with Crippen molar-refractivity contribution >= 4 is 17.8 Å². The van der Waals surface area contributed by atoms with E-state index >= 15 is 0 Å². The van der Waals surface area contributed by atoms with Crippen LogP contribution in [0.2, 0.25) is 0 Å². The van der Waals surface area contributed by atoms with Gasteiger partial charge < -0.3 is 28.8 Å². The number of carbonyl (C=O) groups is 3. The molecule has 0 saturated carbocycles. The highest BCUT2D eigenvalue weighted by atomic mass is 16.5. The molecule has 37 heavy (non-hydrogen) atoms. The number of nitrogens with one attached hydrogen (secondary N) is 1. The molecule has 4 rings (SSSR count). The van der Waals surface area contributed by atoms with E-state index in [2.05, 4.69) is 5.32 Å². The molecular formula is C28H34N2O7. The molecule has 1 aromatic heterocycles. The maximum atomic E-state index is 13.7. The minimum Gasteiger partial charge on any atom is -0.493 e. The summed E-state index contributed by atoms with van der Waals surface area (Å²) in [5, 5.41) is 2.90. The fourth-order valence-electron chi connectivity index (χ4n) is 5.32. The third-order valence-electron chi connectivity index (χ3n) is 7.07. The van der Waals surface area contributed by atoms with Crippen LogP contribution in [-0.4, -0.2) is 43.5 Å². The summed E-state index contributed by atoms with van der Waals surface area (Å²) in [6.07, 6.45) is 5.89. The Kier molecular flexibility index (Phi) is 8.21. The predicted octanol–water partition coefficient (Wildman–Crippen LogP) is 3.97. The summed E-state index contributed by atoms with van der Waals surface area (Å²) in [6.45, 7) is 2.48. The monoisotopic (exact) mass is 510 g/mol. The molecule has 1 aliphatic carbocycles. The van der Waals surface area contributed by atoms with Crippen molar-refractivity contribution in [3.05, 3.63) is 59.7 Å². The normalized spacial score (nSPS) is 21.1. The number of likely N-dealkylation sites (tertiary alicyclic amines) is 1. The molecule has 2 aromatic rings. The quantitative estimate of drug-likeness (QED) is 0.482. The number of nitrogens with zero attached hydrogens (tertiary/aromatic N) is 1. The lowest BCUT2D eigenvalue weighted by atomic mass is 9.66. The van der Waals surface area contributed by atoms with E-state index in [0.717, 1.165) is 18.4 Å². The average molecular weight is 511 g/mol. The second-order valence-electron chi connectivity index (χ2n) is 9.36. The third-order valence-corrected chi connectivity index (χ3v) is 7.07. The fraction of sp³-hybridized carbons (Fsp3) is 0.464. The molecule has 1 aromatic carbocycles. The van der Waals surface area contributed by atoms with E-state index < -0.39 is 11.3 Å². The van der Waals surface area contributed by atoms with Crippen molar-refractivity contribution in [1.29, 1.82) is 0 Å². The van der Waals surface area contributed by atoms with E-state index in [-0.39, 0.29) is 50.3 Å². The van der Waals surface area contributed by atoms with Gasteiger partial charge in [0.1, 0.15) is 11.2 Å². The molecule has 1 fully saturated rings. The summed E-state index contributed by atoms with van der Waals surface area (Å²) in [5.41, 5.74) is 0.546. The zero-order chi connectivity index (χ0) is 26.4. The molecule has 2 atom stereocenters. The summed E-state index contributed by atoms with van der Waals surface area (Å²) in [7, 11) is 3.11. The van der Waals surface area contributed by atoms with Gasteiger partial charge in [0, 0.05) is 24.6 Å². The molecule has 9 nitrogen and oxygen atoms in total. The van der Waals surface area contributed by atoms with E-state index in [4.69, 9.17) is 18.6 Å². The summed E-state index contributed by atoms with van der Waals surface area (Å²) in [4.78, 5) is 41.6. The number of hydrogen-bond acceptors (Lipinski definition) is 7. The van der Waals surface area contributed by atoms with Gasteiger partial charge in [-0.2, -0.15) is 0 Å². The SMILES string of the molecule is CCOC(=O)[C@]12CCCC=C1N(Cc1ccco1)C(=O)[C@H](CC(=O)NCc1ccc(OC)c(OC)c1)C2. The van der Waals surface area contributed by atoms with Crippen LogP contribution < -0.4 is 14.8 Å². The summed E-state index contributed by atoms with van der Waals surface area (Å²) >= 11 is 0. The molecule has 2 amide bonds. The standard InChI is InChI=1S/C28H34N2O7/c1-4-36-27(33)28-12-6-5-9-24(28)30(18-21-8-7-13-37-21)26(32)20(16-28)15-25(31)29-17-19-10-11-22(34-2)23(14-19)35-3/h7-11,13-14,20H,4-6,12,15-18H2,1-3H3,(H,29,31)/t20-,28+/m1/s1. The van der Waals surface area contributed by atoms with Crippen molar-refractivity contribution in [1.82, 2.24) is 10.2 Å². The van der Waals surface area contributed by atoms with Gasteiger partial charge in [-0.1, -0.05) is 12.1 Å². The van der Waals surface area contributed by atoms with E-state index in [1.54, 1.807) is 56.6 Å². The van der Waals surface area contributed by atoms with E-state index in [0.29, 0.717) is 29.4 Å². The lowest BCUT2D eigenvalue weighted by Gasteiger charge is -2.47. The van der Waals surface area contributed by atoms with Crippen LogP contribution in [0.15, 0.2) is 52.8 Å². The number of esters is 1. The number of piperidine rings is 1. The van der Waals surface area contributed by atoms with Crippen LogP contribution in [0.25, 0.3) is 0 Å². The van der Waals surface area contributed by atoms with Gasteiger partial charge in [0.15, 0.2) is 11.5 Å². The van der Waals surface area contributed by atoms with Gasteiger partial charge >= 0.3 is 5.97 Å². The first kappa shape index (κ1) is 26.3. The lowest BCUT2D eigenvalue weighted by molar-refractivity contribution is -0.162. The van der Waals surface area contributed by atoms with Crippen LogP contribution in [0.3, 0.4) is 0 Å². The molecular weight excluding hydrogens is 476 g/mol. The highest BCUT2D eigenvalue weighted by molar-refractivity contribution is 5.92. The summed E-state index contributed by atoms with van der Waals surface area (Å²) in [5.74, 6) is 0.310. The number of allylic oxidation sites excluding steroid dienone is 1. The summed E-state index contributed by atoms with van der Waals surface area (Å²) < 4.78 is 21.6. The zero-order valence-electron chi connectivity index (χ0n) is 21.6. The minimum atomic E-state index is -0.955. The van der Waals surface area contributed by atoms with Crippen LogP contribution in [0.1, 0.15) is 50.4 Å². The number of benzene rings is 1.